The predicted octanol–water partition coefficient (Wildman–Crippen LogP) is 1.48. The Labute approximate surface area is 202 Å². The highest BCUT2D eigenvalue weighted by Crippen LogP contribution is 2.12. The van der Waals surface area contributed by atoms with E-state index in [4.69, 9.17) is 0 Å². The van der Waals surface area contributed by atoms with Gasteiger partial charge in [-0.2, -0.15) is 0 Å². The number of hydrogen-bond acceptors (Lipinski definition) is 8. The predicted molar refractivity (Wildman–Crippen MR) is 131 cm³/mol. The number of aryl methyl sites for hydroxylation is 1. The van der Waals surface area contributed by atoms with E-state index in [9.17, 15) is 19.2 Å². The van der Waals surface area contributed by atoms with Gasteiger partial charge in [0.05, 0.1) is 18.4 Å². The van der Waals surface area contributed by atoms with Gasteiger partial charge >= 0.3 is 0 Å². The zero-order valence-corrected chi connectivity index (χ0v) is 20.0. The highest BCUT2D eigenvalue weighted by Gasteiger charge is 2.15. The van der Waals surface area contributed by atoms with Crippen LogP contribution in [0, 0.1) is 12.8 Å². The number of fused-ring (bicyclic) bond motifs is 1. The van der Waals surface area contributed by atoms with E-state index in [1.807, 2.05) is 0 Å². The van der Waals surface area contributed by atoms with Crippen LogP contribution in [0.1, 0.15) is 48.1 Å². The largest absolute Gasteiger partial charge is 0.379 e. The molecule has 2 heterocycles. The first kappa shape index (κ1) is 25.5. The van der Waals surface area contributed by atoms with E-state index in [1.165, 1.54) is 0 Å². The number of anilines is 1. The molecule has 0 aliphatic heterocycles. The summed E-state index contributed by atoms with van der Waals surface area (Å²) in [5.41, 5.74) is 2.00. The summed E-state index contributed by atoms with van der Waals surface area (Å²) in [4.78, 5) is 63.1. The summed E-state index contributed by atoms with van der Waals surface area (Å²) in [5.74, 6) is -0.264. The van der Waals surface area contributed by atoms with Gasteiger partial charge in [-0.3, -0.25) is 19.2 Å². The number of aromatic amines is 1. The maximum atomic E-state index is 12.3. The van der Waals surface area contributed by atoms with Crippen LogP contribution in [0.5, 0.6) is 0 Å². The van der Waals surface area contributed by atoms with Crippen molar-refractivity contribution in [1.82, 2.24) is 30.6 Å². The lowest BCUT2D eigenvalue weighted by Crippen LogP contribution is -2.27. The zero-order chi connectivity index (χ0) is 25.4. The number of rotatable bonds is 11. The fraction of sp³-hybridized carbons (Fsp3) is 0.375. The topological polar surface area (TPSA) is 159 Å². The number of nitrogens with one attached hydrogen (secondary N) is 4. The normalized spacial score (nSPS) is 11.6. The number of nitrogens with zero attached hydrogens (tertiary/aromatic N) is 3. The maximum absolute atomic E-state index is 12.3. The van der Waals surface area contributed by atoms with Crippen molar-refractivity contribution >= 4 is 34.4 Å². The highest BCUT2D eigenvalue weighted by atomic mass is 16.2. The van der Waals surface area contributed by atoms with Crippen LogP contribution >= 0.6 is 0 Å². The van der Waals surface area contributed by atoms with Crippen molar-refractivity contribution in [2.24, 2.45) is 5.92 Å². The van der Waals surface area contributed by atoms with Crippen LogP contribution in [-0.2, 0) is 16.1 Å². The lowest BCUT2D eigenvalue weighted by atomic mass is 10.0. The number of Topliss-reactive ketones (excluding diaryl/α,β-unsaturated/α-hetero) is 1. The molecule has 0 saturated heterocycles. The molecule has 184 valence electrons. The number of aromatic nitrogens is 4. The number of carbonyl (C=O) groups is 3. The number of benzene rings is 1. The summed E-state index contributed by atoms with van der Waals surface area (Å²) in [7, 11) is 1.54. The van der Waals surface area contributed by atoms with E-state index in [0.29, 0.717) is 48.7 Å². The van der Waals surface area contributed by atoms with Gasteiger partial charge in [0.2, 0.25) is 5.91 Å². The molecule has 0 spiro atoms. The molecular weight excluding hydrogens is 450 g/mol. The average Bonchev–Trinajstić information content (AvgIpc) is 2.85. The van der Waals surface area contributed by atoms with Gasteiger partial charge in [0.15, 0.2) is 11.2 Å². The fourth-order valence-corrected chi connectivity index (χ4v) is 3.45. The van der Waals surface area contributed by atoms with Crippen molar-refractivity contribution in [3.8, 4) is 0 Å². The van der Waals surface area contributed by atoms with Gasteiger partial charge in [0.1, 0.15) is 11.6 Å². The summed E-state index contributed by atoms with van der Waals surface area (Å²) in [5, 5.41) is 8.51. The Morgan fingerprint density at radius 3 is 2.57 bits per heavy atom. The van der Waals surface area contributed by atoms with Gasteiger partial charge in [0, 0.05) is 43.6 Å². The van der Waals surface area contributed by atoms with Crippen LogP contribution in [0.25, 0.3) is 11.2 Å². The van der Waals surface area contributed by atoms with E-state index in [0.717, 1.165) is 5.69 Å². The molecule has 1 aromatic carbocycles. The SMILES string of the molecule is CNC(=O)[C@H](C)CC(=O)CCCNC(=O)c1ccc(NCc2cnc3nc(C)[nH]c(=O)c3n2)cc1. The van der Waals surface area contributed by atoms with Crippen molar-refractivity contribution in [2.75, 3.05) is 18.9 Å². The van der Waals surface area contributed by atoms with E-state index in [2.05, 4.69) is 35.9 Å². The van der Waals surface area contributed by atoms with E-state index in [-0.39, 0.29) is 41.0 Å². The molecule has 3 rings (SSSR count). The van der Waals surface area contributed by atoms with E-state index in [1.54, 1.807) is 51.4 Å². The first-order valence-electron chi connectivity index (χ1n) is 11.3. The lowest BCUT2D eigenvalue weighted by Gasteiger charge is -2.10. The minimum Gasteiger partial charge on any atom is -0.379 e. The first-order chi connectivity index (χ1) is 16.8. The fourth-order valence-electron chi connectivity index (χ4n) is 3.45. The summed E-state index contributed by atoms with van der Waals surface area (Å²) in [6.07, 6.45) is 2.58. The highest BCUT2D eigenvalue weighted by molar-refractivity contribution is 5.94. The molecule has 3 aromatic rings. The minimum absolute atomic E-state index is 0.00198. The summed E-state index contributed by atoms with van der Waals surface area (Å²) in [6, 6.07) is 6.92. The molecule has 0 fully saturated rings. The van der Waals surface area contributed by atoms with E-state index >= 15 is 0 Å². The quantitative estimate of drug-likeness (QED) is 0.301. The van der Waals surface area contributed by atoms with Gasteiger partial charge < -0.3 is 20.9 Å². The van der Waals surface area contributed by atoms with Gasteiger partial charge in [0.25, 0.3) is 11.5 Å². The van der Waals surface area contributed by atoms with Crippen LogP contribution < -0.4 is 21.5 Å². The second-order valence-electron chi connectivity index (χ2n) is 8.23. The Bertz CT molecular complexity index is 1270. The molecule has 0 aliphatic carbocycles. The van der Waals surface area contributed by atoms with Crippen LogP contribution in [0.3, 0.4) is 0 Å². The van der Waals surface area contributed by atoms with Crippen LogP contribution in [0.4, 0.5) is 5.69 Å². The Hall–Kier alpha value is -4.15. The monoisotopic (exact) mass is 479 g/mol. The number of amides is 2. The molecule has 2 aromatic heterocycles. The third kappa shape index (κ3) is 7.16. The molecule has 11 heteroatoms. The van der Waals surface area contributed by atoms with Crippen molar-refractivity contribution in [3.63, 3.8) is 0 Å². The molecular formula is C24H29N7O4. The molecule has 0 bridgehead atoms. The molecule has 0 aliphatic rings. The van der Waals surface area contributed by atoms with Crippen LogP contribution in [-0.4, -0.2) is 51.1 Å². The Kier molecular flexibility index (Phi) is 8.60. The summed E-state index contributed by atoms with van der Waals surface area (Å²) in [6.45, 7) is 4.11. The molecule has 0 unspecified atom stereocenters. The second kappa shape index (κ2) is 11.8. The summed E-state index contributed by atoms with van der Waals surface area (Å²) < 4.78 is 0. The molecule has 1 atom stereocenters. The van der Waals surface area contributed by atoms with Gasteiger partial charge in [-0.05, 0) is 37.6 Å². The number of ketones is 1. The molecule has 2 amide bonds. The summed E-state index contributed by atoms with van der Waals surface area (Å²) >= 11 is 0. The number of H-pyrrole nitrogens is 1. The van der Waals surface area contributed by atoms with Crippen molar-refractivity contribution in [2.45, 2.75) is 39.7 Å². The maximum Gasteiger partial charge on any atom is 0.279 e. The standard InChI is InChI=1S/C24H29N7O4/c1-14(22(33)25-3)11-19(32)5-4-10-26-23(34)16-6-8-17(9-7-16)27-12-18-13-28-21-20(31-18)24(35)30-15(2)29-21/h6-9,13-14,27H,4-5,10-12H2,1-3H3,(H,25,33)(H,26,34)(H,28,29,30,35)/t14-/m1/s1. The lowest BCUT2D eigenvalue weighted by molar-refractivity contribution is -0.128. The number of carbonyl (C=O) groups excluding carboxylic acids is 3. The van der Waals surface area contributed by atoms with Crippen molar-refractivity contribution in [3.05, 3.63) is 57.9 Å². The van der Waals surface area contributed by atoms with Crippen molar-refractivity contribution < 1.29 is 14.4 Å². The van der Waals surface area contributed by atoms with Gasteiger partial charge in [-0.1, -0.05) is 6.92 Å². The van der Waals surface area contributed by atoms with Crippen LogP contribution in [0.15, 0.2) is 35.3 Å². The first-order valence-corrected chi connectivity index (χ1v) is 11.3. The molecule has 11 nitrogen and oxygen atoms in total. The van der Waals surface area contributed by atoms with E-state index < -0.39 is 0 Å². The average molecular weight is 480 g/mol. The second-order valence-corrected chi connectivity index (χ2v) is 8.23. The Morgan fingerprint density at radius 1 is 1.11 bits per heavy atom. The third-order valence-electron chi connectivity index (χ3n) is 5.35. The molecule has 35 heavy (non-hydrogen) atoms. The van der Waals surface area contributed by atoms with Crippen LogP contribution in [0.2, 0.25) is 0 Å². The Morgan fingerprint density at radius 2 is 1.86 bits per heavy atom. The molecule has 0 radical (unpaired) electrons. The zero-order valence-electron chi connectivity index (χ0n) is 20.0. The molecule has 4 N–H and O–H groups in total. The Balaban J connectivity index is 1.44. The number of hydrogen-bond donors (Lipinski definition) is 4. The minimum atomic E-state index is -0.355. The third-order valence-corrected chi connectivity index (χ3v) is 5.35. The van der Waals surface area contributed by atoms with Gasteiger partial charge in [-0.25, -0.2) is 15.0 Å². The molecule has 0 saturated carbocycles. The van der Waals surface area contributed by atoms with Gasteiger partial charge in [-0.15, -0.1) is 0 Å². The smallest absolute Gasteiger partial charge is 0.279 e. The van der Waals surface area contributed by atoms with Crippen molar-refractivity contribution in [1.29, 1.82) is 0 Å².